The first-order valence-corrected chi connectivity index (χ1v) is 6.22. The van der Waals surface area contributed by atoms with Gasteiger partial charge in [-0.05, 0) is 37.2 Å². The van der Waals surface area contributed by atoms with E-state index in [2.05, 4.69) is 11.9 Å². The van der Waals surface area contributed by atoms with Gasteiger partial charge in [0.1, 0.15) is 0 Å². The van der Waals surface area contributed by atoms with Crippen molar-refractivity contribution < 1.29 is 4.79 Å². The fourth-order valence-corrected chi connectivity index (χ4v) is 3.26. The number of carbonyl (C=O) groups is 1. The van der Waals surface area contributed by atoms with E-state index in [9.17, 15) is 4.79 Å². The number of amides is 1. The van der Waals surface area contributed by atoms with E-state index >= 15 is 0 Å². The number of rotatable bonds is 2. The molecule has 2 nitrogen and oxygen atoms in total. The van der Waals surface area contributed by atoms with Gasteiger partial charge >= 0.3 is 0 Å². The van der Waals surface area contributed by atoms with Crippen LogP contribution in [-0.4, -0.2) is 11.9 Å². The normalized spacial score (nSPS) is 35.3. The van der Waals surface area contributed by atoms with E-state index in [1.807, 2.05) is 0 Å². The van der Waals surface area contributed by atoms with Crippen molar-refractivity contribution in [1.29, 1.82) is 0 Å². The molecule has 3 unspecified atom stereocenters. The fraction of sp³-hybridized carbons (Fsp3) is 0.769. The zero-order valence-corrected chi connectivity index (χ0v) is 9.37. The molecule has 0 heterocycles. The van der Waals surface area contributed by atoms with Gasteiger partial charge in [-0.15, -0.1) is 0 Å². The van der Waals surface area contributed by atoms with Gasteiger partial charge in [-0.3, -0.25) is 4.79 Å². The highest BCUT2D eigenvalue weighted by Gasteiger charge is 2.32. The SMILES string of the molecule is C=CC(=O)NC1CCC2CCCCC2C1. The van der Waals surface area contributed by atoms with Crippen LogP contribution < -0.4 is 5.32 Å². The van der Waals surface area contributed by atoms with Crippen molar-refractivity contribution in [2.75, 3.05) is 0 Å². The molecule has 0 spiro atoms. The molecule has 84 valence electrons. The molecule has 0 aromatic heterocycles. The van der Waals surface area contributed by atoms with Gasteiger partial charge in [0.2, 0.25) is 5.91 Å². The molecule has 0 aliphatic heterocycles. The van der Waals surface area contributed by atoms with E-state index in [-0.39, 0.29) is 5.91 Å². The zero-order chi connectivity index (χ0) is 10.7. The van der Waals surface area contributed by atoms with Crippen molar-refractivity contribution in [3.8, 4) is 0 Å². The van der Waals surface area contributed by atoms with Crippen molar-refractivity contribution in [1.82, 2.24) is 5.32 Å². The van der Waals surface area contributed by atoms with Crippen molar-refractivity contribution in [2.45, 2.75) is 51.0 Å². The lowest BCUT2D eigenvalue weighted by molar-refractivity contribution is -0.117. The molecule has 2 aliphatic rings. The summed E-state index contributed by atoms with van der Waals surface area (Å²) >= 11 is 0. The summed E-state index contributed by atoms with van der Waals surface area (Å²) in [7, 11) is 0. The highest BCUT2D eigenvalue weighted by molar-refractivity contribution is 5.87. The predicted molar refractivity (Wildman–Crippen MR) is 61.4 cm³/mol. The van der Waals surface area contributed by atoms with Gasteiger partial charge in [0.05, 0.1) is 0 Å². The van der Waals surface area contributed by atoms with E-state index < -0.39 is 0 Å². The summed E-state index contributed by atoms with van der Waals surface area (Å²) in [4.78, 5) is 11.2. The molecule has 15 heavy (non-hydrogen) atoms. The Morgan fingerprint density at radius 2 is 1.87 bits per heavy atom. The summed E-state index contributed by atoms with van der Waals surface area (Å²) in [5, 5.41) is 3.04. The minimum Gasteiger partial charge on any atom is -0.350 e. The lowest BCUT2D eigenvalue weighted by Gasteiger charge is -2.39. The van der Waals surface area contributed by atoms with Crippen LogP contribution in [0.3, 0.4) is 0 Å². The lowest BCUT2D eigenvalue weighted by atomic mass is 9.69. The third kappa shape index (κ3) is 2.61. The maximum Gasteiger partial charge on any atom is 0.243 e. The zero-order valence-electron chi connectivity index (χ0n) is 9.37. The van der Waals surface area contributed by atoms with Gasteiger partial charge in [0.15, 0.2) is 0 Å². The third-order valence-electron chi connectivity index (χ3n) is 4.07. The molecule has 0 aromatic carbocycles. The minimum atomic E-state index is -0.00532. The summed E-state index contributed by atoms with van der Waals surface area (Å²) in [6.07, 6.45) is 10.7. The molecule has 2 fully saturated rings. The Morgan fingerprint density at radius 3 is 2.60 bits per heavy atom. The van der Waals surface area contributed by atoms with Crippen LogP contribution >= 0.6 is 0 Å². The Balaban J connectivity index is 1.85. The van der Waals surface area contributed by atoms with Crippen LogP contribution in [0.4, 0.5) is 0 Å². The summed E-state index contributed by atoms with van der Waals surface area (Å²) in [5.41, 5.74) is 0. The van der Waals surface area contributed by atoms with Gasteiger partial charge in [-0.2, -0.15) is 0 Å². The van der Waals surface area contributed by atoms with Crippen molar-refractivity contribution in [3.63, 3.8) is 0 Å². The quantitative estimate of drug-likeness (QED) is 0.693. The van der Waals surface area contributed by atoms with E-state index in [1.165, 1.54) is 51.0 Å². The second kappa shape index (κ2) is 4.82. The summed E-state index contributed by atoms with van der Waals surface area (Å²) in [6.45, 7) is 3.50. The number of carbonyl (C=O) groups excluding carboxylic acids is 1. The van der Waals surface area contributed by atoms with Crippen LogP contribution in [0, 0.1) is 11.8 Å². The highest BCUT2D eigenvalue weighted by atomic mass is 16.1. The molecule has 0 radical (unpaired) electrons. The minimum absolute atomic E-state index is 0.00532. The average molecular weight is 207 g/mol. The van der Waals surface area contributed by atoms with Crippen LogP contribution in [0.15, 0.2) is 12.7 Å². The third-order valence-corrected chi connectivity index (χ3v) is 4.07. The van der Waals surface area contributed by atoms with E-state index in [4.69, 9.17) is 0 Å². The summed E-state index contributed by atoms with van der Waals surface area (Å²) in [6, 6.07) is 0.412. The molecule has 1 N–H and O–H groups in total. The monoisotopic (exact) mass is 207 g/mol. The highest BCUT2D eigenvalue weighted by Crippen LogP contribution is 2.40. The molecular formula is C13H21NO. The molecule has 2 heteroatoms. The molecule has 3 atom stereocenters. The second-order valence-electron chi connectivity index (χ2n) is 5.03. The van der Waals surface area contributed by atoms with Crippen molar-refractivity contribution in [2.24, 2.45) is 11.8 Å². The first-order valence-electron chi connectivity index (χ1n) is 6.22. The first-order chi connectivity index (χ1) is 7.29. The standard InChI is InChI=1S/C13H21NO/c1-2-13(15)14-12-8-7-10-5-3-4-6-11(10)9-12/h2,10-12H,1,3-9H2,(H,14,15). The molecule has 2 saturated carbocycles. The fourth-order valence-electron chi connectivity index (χ4n) is 3.26. The number of fused-ring (bicyclic) bond motifs is 1. The maximum atomic E-state index is 11.2. The molecule has 2 rings (SSSR count). The molecule has 0 saturated heterocycles. The van der Waals surface area contributed by atoms with Gasteiger partial charge in [-0.25, -0.2) is 0 Å². The van der Waals surface area contributed by atoms with Crippen LogP contribution in [0.25, 0.3) is 0 Å². The number of hydrogen-bond donors (Lipinski definition) is 1. The number of nitrogens with one attached hydrogen (secondary N) is 1. The average Bonchev–Trinajstić information content (AvgIpc) is 2.29. The van der Waals surface area contributed by atoms with E-state index in [0.717, 1.165) is 11.8 Å². The van der Waals surface area contributed by atoms with Gasteiger partial charge < -0.3 is 5.32 Å². The van der Waals surface area contributed by atoms with Gasteiger partial charge in [-0.1, -0.05) is 32.3 Å². The van der Waals surface area contributed by atoms with Gasteiger partial charge in [0.25, 0.3) is 0 Å². The van der Waals surface area contributed by atoms with E-state index in [0.29, 0.717) is 6.04 Å². The summed E-state index contributed by atoms with van der Waals surface area (Å²) < 4.78 is 0. The molecule has 0 aromatic rings. The smallest absolute Gasteiger partial charge is 0.243 e. The van der Waals surface area contributed by atoms with Crippen LogP contribution in [0.5, 0.6) is 0 Å². The van der Waals surface area contributed by atoms with Crippen molar-refractivity contribution >= 4 is 5.91 Å². The maximum absolute atomic E-state index is 11.2. The Kier molecular flexibility index (Phi) is 3.45. The van der Waals surface area contributed by atoms with E-state index in [1.54, 1.807) is 0 Å². The Hall–Kier alpha value is -0.790. The number of hydrogen-bond acceptors (Lipinski definition) is 1. The molecule has 0 bridgehead atoms. The van der Waals surface area contributed by atoms with Crippen LogP contribution in [0.2, 0.25) is 0 Å². The molecule has 1 amide bonds. The van der Waals surface area contributed by atoms with Crippen LogP contribution in [0.1, 0.15) is 44.9 Å². The Labute approximate surface area is 92.1 Å². The lowest BCUT2D eigenvalue weighted by Crippen LogP contribution is -2.41. The second-order valence-corrected chi connectivity index (χ2v) is 5.03. The Bertz CT molecular complexity index is 249. The molecule has 2 aliphatic carbocycles. The first kappa shape index (κ1) is 10.7. The van der Waals surface area contributed by atoms with Crippen molar-refractivity contribution in [3.05, 3.63) is 12.7 Å². The Morgan fingerprint density at radius 1 is 1.13 bits per heavy atom. The molecular weight excluding hydrogens is 186 g/mol. The van der Waals surface area contributed by atoms with Gasteiger partial charge in [0, 0.05) is 6.04 Å². The summed E-state index contributed by atoms with van der Waals surface area (Å²) in [5.74, 6) is 1.83. The predicted octanol–water partition coefficient (Wildman–Crippen LogP) is 2.65. The topological polar surface area (TPSA) is 29.1 Å². The van der Waals surface area contributed by atoms with Crippen LogP contribution in [-0.2, 0) is 4.79 Å². The largest absolute Gasteiger partial charge is 0.350 e.